The molecular formula is C22H24N4O. The van der Waals surface area contributed by atoms with Gasteiger partial charge in [-0.2, -0.15) is 0 Å². The third-order valence-electron chi connectivity index (χ3n) is 5.22. The van der Waals surface area contributed by atoms with E-state index < -0.39 is 0 Å². The highest BCUT2D eigenvalue weighted by Gasteiger charge is 2.24. The van der Waals surface area contributed by atoms with Crippen molar-refractivity contribution in [3.8, 4) is 0 Å². The fourth-order valence-corrected chi connectivity index (χ4v) is 3.64. The Kier molecular flexibility index (Phi) is 5.28. The Labute approximate surface area is 159 Å². The summed E-state index contributed by atoms with van der Waals surface area (Å²) in [5, 5.41) is 4.11. The minimum absolute atomic E-state index is 0.0394. The molecule has 0 aliphatic carbocycles. The summed E-state index contributed by atoms with van der Waals surface area (Å²) in [6.07, 6.45) is 4.52. The molecule has 1 fully saturated rings. The van der Waals surface area contributed by atoms with Crippen LogP contribution in [0.4, 0.5) is 4.79 Å². The average molecular weight is 360 g/mol. The van der Waals surface area contributed by atoms with Gasteiger partial charge in [-0.1, -0.05) is 30.3 Å². The standard InChI is InChI=1S/C22H24N4O/c27-22(24-14-10-17-5-2-1-3-6-17)26-15-11-18(12-16-26)20-9-8-19-7-4-13-23-21(19)25-20/h1-9,13,18H,10-12,14-16H2,(H,24,27). The largest absolute Gasteiger partial charge is 0.338 e. The van der Waals surface area contributed by atoms with Crippen molar-refractivity contribution in [1.82, 2.24) is 20.2 Å². The zero-order chi connectivity index (χ0) is 18.5. The molecule has 2 amide bonds. The molecule has 1 N–H and O–H groups in total. The lowest BCUT2D eigenvalue weighted by Gasteiger charge is -2.31. The molecule has 27 heavy (non-hydrogen) atoms. The van der Waals surface area contributed by atoms with Crippen LogP contribution in [0.25, 0.3) is 11.0 Å². The highest BCUT2D eigenvalue weighted by atomic mass is 16.2. The SMILES string of the molecule is O=C(NCCc1ccccc1)N1CCC(c2ccc3cccnc3n2)CC1. The number of nitrogens with zero attached hydrogens (tertiary/aromatic N) is 3. The van der Waals surface area contributed by atoms with Gasteiger partial charge in [-0.15, -0.1) is 0 Å². The number of likely N-dealkylation sites (tertiary alicyclic amines) is 1. The lowest BCUT2D eigenvalue weighted by Crippen LogP contribution is -2.44. The van der Waals surface area contributed by atoms with Gasteiger partial charge in [0, 0.05) is 42.8 Å². The summed E-state index contributed by atoms with van der Waals surface area (Å²) >= 11 is 0. The second kappa shape index (κ2) is 8.16. The average Bonchev–Trinajstić information content (AvgIpc) is 2.74. The van der Waals surface area contributed by atoms with Gasteiger partial charge in [0.05, 0.1) is 0 Å². The number of hydrogen-bond donors (Lipinski definition) is 1. The van der Waals surface area contributed by atoms with Crippen LogP contribution in [0.1, 0.15) is 30.0 Å². The summed E-state index contributed by atoms with van der Waals surface area (Å²) < 4.78 is 0. The van der Waals surface area contributed by atoms with Gasteiger partial charge in [0.2, 0.25) is 0 Å². The van der Waals surface area contributed by atoms with Crippen molar-refractivity contribution in [3.05, 3.63) is 72.1 Å². The summed E-state index contributed by atoms with van der Waals surface area (Å²) in [5.74, 6) is 0.393. The number of carbonyl (C=O) groups excluding carboxylic acids is 1. The normalized spacial score (nSPS) is 15.0. The van der Waals surface area contributed by atoms with Gasteiger partial charge in [-0.05, 0) is 49.1 Å². The number of carbonyl (C=O) groups is 1. The smallest absolute Gasteiger partial charge is 0.317 e. The molecule has 1 aromatic carbocycles. The first-order valence-electron chi connectivity index (χ1n) is 9.58. The van der Waals surface area contributed by atoms with Gasteiger partial charge in [-0.25, -0.2) is 14.8 Å². The molecule has 3 heterocycles. The molecule has 0 unspecified atom stereocenters. The number of aromatic nitrogens is 2. The van der Waals surface area contributed by atoms with Crippen LogP contribution in [-0.4, -0.2) is 40.5 Å². The molecule has 0 radical (unpaired) electrons. The monoisotopic (exact) mass is 360 g/mol. The zero-order valence-corrected chi connectivity index (χ0v) is 15.3. The van der Waals surface area contributed by atoms with Crippen molar-refractivity contribution >= 4 is 17.1 Å². The highest BCUT2D eigenvalue weighted by molar-refractivity contribution is 5.75. The number of urea groups is 1. The first kappa shape index (κ1) is 17.5. The second-order valence-corrected chi connectivity index (χ2v) is 7.02. The van der Waals surface area contributed by atoms with Crippen LogP contribution in [0.5, 0.6) is 0 Å². The van der Waals surface area contributed by atoms with Crippen LogP contribution in [0.3, 0.4) is 0 Å². The van der Waals surface area contributed by atoms with Crippen LogP contribution in [0.2, 0.25) is 0 Å². The minimum Gasteiger partial charge on any atom is -0.338 e. The van der Waals surface area contributed by atoms with E-state index >= 15 is 0 Å². The molecule has 138 valence electrons. The molecule has 4 rings (SSSR count). The predicted octanol–water partition coefficient (Wildman–Crippen LogP) is 3.76. The highest BCUT2D eigenvalue weighted by Crippen LogP contribution is 2.27. The molecule has 1 aliphatic rings. The lowest BCUT2D eigenvalue weighted by atomic mass is 9.93. The Bertz CT molecular complexity index is 904. The number of rotatable bonds is 4. The van der Waals surface area contributed by atoms with Crippen LogP contribution >= 0.6 is 0 Å². The van der Waals surface area contributed by atoms with Gasteiger partial charge in [0.25, 0.3) is 0 Å². The third kappa shape index (κ3) is 4.25. The number of fused-ring (bicyclic) bond motifs is 1. The van der Waals surface area contributed by atoms with Gasteiger partial charge in [0.15, 0.2) is 5.65 Å². The number of piperidine rings is 1. The Balaban J connectivity index is 1.28. The van der Waals surface area contributed by atoms with Crippen molar-refractivity contribution < 1.29 is 4.79 Å². The van der Waals surface area contributed by atoms with Gasteiger partial charge < -0.3 is 10.2 Å². The van der Waals surface area contributed by atoms with Crippen molar-refractivity contribution in [2.75, 3.05) is 19.6 Å². The molecule has 1 saturated heterocycles. The van der Waals surface area contributed by atoms with E-state index in [1.54, 1.807) is 6.20 Å². The van der Waals surface area contributed by atoms with E-state index in [2.05, 4.69) is 34.6 Å². The van der Waals surface area contributed by atoms with Crippen molar-refractivity contribution in [1.29, 1.82) is 0 Å². The number of benzene rings is 1. The maximum absolute atomic E-state index is 12.4. The maximum atomic E-state index is 12.4. The maximum Gasteiger partial charge on any atom is 0.317 e. The lowest BCUT2D eigenvalue weighted by molar-refractivity contribution is 0.181. The third-order valence-corrected chi connectivity index (χ3v) is 5.22. The Morgan fingerprint density at radius 1 is 1.04 bits per heavy atom. The van der Waals surface area contributed by atoms with E-state index in [1.807, 2.05) is 35.2 Å². The van der Waals surface area contributed by atoms with E-state index in [0.29, 0.717) is 12.5 Å². The molecule has 5 nitrogen and oxygen atoms in total. The van der Waals surface area contributed by atoms with E-state index in [9.17, 15) is 4.79 Å². The summed E-state index contributed by atoms with van der Waals surface area (Å²) in [6.45, 7) is 2.20. The first-order chi connectivity index (χ1) is 13.3. The molecule has 3 aromatic rings. The fraction of sp³-hybridized carbons (Fsp3) is 0.318. The molecule has 0 saturated carbocycles. The van der Waals surface area contributed by atoms with E-state index in [-0.39, 0.29) is 6.03 Å². The Morgan fingerprint density at radius 3 is 2.67 bits per heavy atom. The van der Waals surface area contributed by atoms with Crippen molar-refractivity contribution in [2.24, 2.45) is 0 Å². The molecule has 0 atom stereocenters. The summed E-state index contributed by atoms with van der Waals surface area (Å²) in [5.41, 5.74) is 3.13. The van der Waals surface area contributed by atoms with Crippen LogP contribution in [0, 0.1) is 0 Å². The predicted molar refractivity (Wildman–Crippen MR) is 107 cm³/mol. The molecular weight excluding hydrogens is 336 g/mol. The van der Waals surface area contributed by atoms with Gasteiger partial charge in [-0.3, -0.25) is 0 Å². The molecule has 1 aliphatic heterocycles. The van der Waals surface area contributed by atoms with Crippen LogP contribution in [-0.2, 0) is 6.42 Å². The van der Waals surface area contributed by atoms with E-state index in [4.69, 9.17) is 4.98 Å². The Morgan fingerprint density at radius 2 is 1.85 bits per heavy atom. The van der Waals surface area contributed by atoms with Crippen LogP contribution < -0.4 is 5.32 Å². The zero-order valence-electron chi connectivity index (χ0n) is 15.3. The fourth-order valence-electron chi connectivity index (χ4n) is 3.64. The van der Waals surface area contributed by atoms with Crippen molar-refractivity contribution in [2.45, 2.75) is 25.2 Å². The first-order valence-corrected chi connectivity index (χ1v) is 9.58. The topological polar surface area (TPSA) is 58.1 Å². The van der Waals surface area contributed by atoms with Crippen molar-refractivity contribution in [3.63, 3.8) is 0 Å². The number of pyridine rings is 2. The van der Waals surface area contributed by atoms with Gasteiger partial charge >= 0.3 is 6.03 Å². The summed E-state index contributed by atoms with van der Waals surface area (Å²) in [6, 6.07) is 18.4. The van der Waals surface area contributed by atoms with E-state index in [1.165, 1.54) is 5.56 Å². The summed E-state index contributed by atoms with van der Waals surface area (Å²) in [7, 11) is 0. The minimum atomic E-state index is 0.0394. The second-order valence-electron chi connectivity index (χ2n) is 7.02. The van der Waals surface area contributed by atoms with E-state index in [0.717, 1.165) is 49.1 Å². The number of hydrogen-bond acceptors (Lipinski definition) is 3. The molecule has 0 spiro atoms. The summed E-state index contributed by atoms with van der Waals surface area (Å²) in [4.78, 5) is 23.4. The Hall–Kier alpha value is -2.95. The molecule has 2 aromatic heterocycles. The number of amides is 2. The molecule has 5 heteroatoms. The number of nitrogens with one attached hydrogen (secondary N) is 1. The van der Waals surface area contributed by atoms with Crippen LogP contribution in [0.15, 0.2) is 60.8 Å². The quantitative estimate of drug-likeness (QED) is 0.771. The molecule has 0 bridgehead atoms. The van der Waals surface area contributed by atoms with Gasteiger partial charge in [0.1, 0.15) is 0 Å².